The van der Waals surface area contributed by atoms with Crippen molar-refractivity contribution in [2.45, 2.75) is 31.3 Å². The Balaban J connectivity index is 1.86. The van der Waals surface area contributed by atoms with Crippen LogP contribution >= 0.6 is 31.9 Å². The van der Waals surface area contributed by atoms with E-state index in [1.165, 1.54) is 23.3 Å². The number of aryl methyl sites for hydroxylation is 1. The smallest absolute Gasteiger partial charge is 0.123 e. The normalized spacial score (nSPS) is 21.1. The first-order valence-electron chi connectivity index (χ1n) is 6.89. The van der Waals surface area contributed by atoms with Crippen molar-refractivity contribution < 1.29 is 9.50 Å². The number of benzene rings is 2. The van der Waals surface area contributed by atoms with Gasteiger partial charge in [0.25, 0.3) is 0 Å². The summed E-state index contributed by atoms with van der Waals surface area (Å²) in [5, 5.41) is 10.9. The summed E-state index contributed by atoms with van der Waals surface area (Å²) in [6, 6.07) is 10.8. The van der Waals surface area contributed by atoms with Crippen LogP contribution in [0.1, 0.15) is 23.1 Å². The molecule has 3 rings (SSSR count). The average Bonchev–Trinajstić information content (AvgIpc) is 2.43. The van der Waals surface area contributed by atoms with E-state index < -0.39 is 5.60 Å². The fourth-order valence-corrected chi connectivity index (χ4v) is 3.79. The molecule has 0 radical (unpaired) electrons. The van der Waals surface area contributed by atoms with E-state index in [1.54, 1.807) is 6.07 Å². The largest absolute Gasteiger partial charge is 0.389 e. The van der Waals surface area contributed by atoms with Crippen LogP contribution in [0.4, 0.5) is 4.39 Å². The van der Waals surface area contributed by atoms with Crippen LogP contribution in [0.15, 0.2) is 45.3 Å². The minimum atomic E-state index is -0.808. The van der Waals surface area contributed by atoms with Gasteiger partial charge in [-0.2, -0.15) is 0 Å². The fraction of sp³-hybridized carbons (Fsp3) is 0.294. The molecule has 0 heterocycles. The van der Waals surface area contributed by atoms with Crippen LogP contribution in [0.2, 0.25) is 0 Å². The molecule has 110 valence electrons. The zero-order valence-corrected chi connectivity index (χ0v) is 14.5. The van der Waals surface area contributed by atoms with Crippen molar-refractivity contribution in [2.24, 2.45) is 0 Å². The maximum absolute atomic E-state index is 13.4. The fourth-order valence-electron chi connectivity index (χ4n) is 2.99. The first kappa shape index (κ1) is 15.2. The maximum atomic E-state index is 13.4. The maximum Gasteiger partial charge on any atom is 0.123 e. The highest BCUT2D eigenvalue weighted by Gasteiger charge is 2.32. The number of halogens is 3. The van der Waals surface area contributed by atoms with Gasteiger partial charge in [0, 0.05) is 21.8 Å². The first-order valence-corrected chi connectivity index (χ1v) is 8.47. The van der Waals surface area contributed by atoms with Crippen LogP contribution in [-0.2, 0) is 19.3 Å². The topological polar surface area (TPSA) is 20.2 Å². The number of hydrogen-bond acceptors (Lipinski definition) is 1. The summed E-state index contributed by atoms with van der Waals surface area (Å²) >= 11 is 6.92. The lowest BCUT2D eigenvalue weighted by molar-refractivity contribution is 0.0265. The molecule has 0 saturated heterocycles. The monoisotopic (exact) mass is 412 g/mol. The molecule has 1 N–H and O–H groups in total. The Morgan fingerprint density at radius 2 is 1.90 bits per heavy atom. The van der Waals surface area contributed by atoms with Gasteiger partial charge in [0.2, 0.25) is 0 Å². The molecule has 0 aromatic heterocycles. The van der Waals surface area contributed by atoms with E-state index in [1.807, 2.05) is 6.07 Å². The summed E-state index contributed by atoms with van der Waals surface area (Å²) < 4.78 is 15.3. The quantitative estimate of drug-likeness (QED) is 0.748. The molecule has 0 aliphatic heterocycles. The van der Waals surface area contributed by atoms with E-state index >= 15 is 0 Å². The third kappa shape index (κ3) is 3.38. The molecule has 0 fully saturated rings. The second-order valence-electron chi connectivity index (χ2n) is 5.73. The van der Waals surface area contributed by atoms with Gasteiger partial charge in [0.1, 0.15) is 5.82 Å². The van der Waals surface area contributed by atoms with Crippen molar-refractivity contribution in [2.75, 3.05) is 0 Å². The van der Waals surface area contributed by atoms with Crippen molar-refractivity contribution in [3.05, 3.63) is 67.9 Å². The van der Waals surface area contributed by atoms with Gasteiger partial charge in [0.15, 0.2) is 0 Å². The van der Waals surface area contributed by atoms with Crippen LogP contribution < -0.4 is 0 Å². The van der Waals surface area contributed by atoms with Crippen LogP contribution in [-0.4, -0.2) is 10.7 Å². The van der Waals surface area contributed by atoms with Gasteiger partial charge in [-0.3, -0.25) is 0 Å². The molecular formula is C17H15Br2FO. The van der Waals surface area contributed by atoms with E-state index in [0.717, 1.165) is 20.9 Å². The van der Waals surface area contributed by atoms with Gasteiger partial charge < -0.3 is 5.11 Å². The predicted molar refractivity (Wildman–Crippen MR) is 88.9 cm³/mol. The Kier molecular flexibility index (Phi) is 4.21. The Labute approximate surface area is 140 Å². The summed E-state index contributed by atoms with van der Waals surface area (Å²) in [4.78, 5) is 0. The molecule has 1 unspecified atom stereocenters. The Bertz CT molecular complexity index is 686. The molecule has 2 aromatic rings. The number of hydrogen-bond donors (Lipinski definition) is 1. The van der Waals surface area contributed by atoms with Crippen molar-refractivity contribution >= 4 is 31.9 Å². The summed E-state index contributed by atoms with van der Waals surface area (Å²) in [7, 11) is 0. The third-order valence-corrected chi connectivity index (χ3v) is 5.34. The number of aliphatic hydroxyl groups is 1. The second kappa shape index (κ2) is 5.82. The predicted octanol–water partition coefficient (Wildman–Crippen LogP) is 4.81. The standard InChI is InChI=1S/C17H15Br2FO/c18-14-2-1-12-9-17(21,6-5-11(12)7-14)10-13-8-15(20)3-4-16(13)19/h1-4,7-8,21H,5-6,9-10H2. The van der Waals surface area contributed by atoms with Crippen molar-refractivity contribution in [1.82, 2.24) is 0 Å². The lowest BCUT2D eigenvalue weighted by Crippen LogP contribution is -2.38. The zero-order valence-electron chi connectivity index (χ0n) is 11.4. The van der Waals surface area contributed by atoms with Crippen molar-refractivity contribution in [1.29, 1.82) is 0 Å². The first-order chi connectivity index (χ1) is 9.95. The molecule has 21 heavy (non-hydrogen) atoms. The molecule has 0 saturated carbocycles. The van der Waals surface area contributed by atoms with Gasteiger partial charge in [-0.15, -0.1) is 0 Å². The molecule has 2 aromatic carbocycles. The lowest BCUT2D eigenvalue weighted by atomic mass is 9.77. The highest BCUT2D eigenvalue weighted by atomic mass is 79.9. The van der Waals surface area contributed by atoms with Crippen LogP contribution in [0.25, 0.3) is 0 Å². The SMILES string of the molecule is OC1(Cc2cc(F)ccc2Br)CCc2cc(Br)ccc2C1. The highest BCUT2D eigenvalue weighted by Crippen LogP contribution is 2.34. The van der Waals surface area contributed by atoms with Gasteiger partial charge in [-0.05, 0) is 59.9 Å². The van der Waals surface area contributed by atoms with E-state index in [0.29, 0.717) is 19.3 Å². The highest BCUT2D eigenvalue weighted by molar-refractivity contribution is 9.10. The molecule has 0 amide bonds. The van der Waals surface area contributed by atoms with E-state index in [-0.39, 0.29) is 5.82 Å². The third-order valence-electron chi connectivity index (χ3n) is 4.07. The number of rotatable bonds is 2. The van der Waals surface area contributed by atoms with Crippen molar-refractivity contribution in [3.63, 3.8) is 0 Å². The summed E-state index contributed by atoms with van der Waals surface area (Å²) in [5.41, 5.74) is 2.47. The van der Waals surface area contributed by atoms with Crippen LogP contribution in [0, 0.1) is 5.82 Å². The molecule has 0 bridgehead atoms. The molecule has 0 spiro atoms. The Morgan fingerprint density at radius 1 is 1.10 bits per heavy atom. The number of fused-ring (bicyclic) bond motifs is 1. The van der Waals surface area contributed by atoms with Gasteiger partial charge in [-0.1, -0.05) is 37.9 Å². The Hall–Kier alpha value is -0.710. The molecule has 1 aliphatic carbocycles. The molecule has 1 aliphatic rings. The minimum absolute atomic E-state index is 0.267. The zero-order chi connectivity index (χ0) is 15.0. The summed E-state index contributed by atoms with van der Waals surface area (Å²) in [6.45, 7) is 0. The van der Waals surface area contributed by atoms with Gasteiger partial charge >= 0.3 is 0 Å². The summed E-state index contributed by atoms with van der Waals surface area (Å²) in [5.74, 6) is -0.267. The van der Waals surface area contributed by atoms with E-state index in [9.17, 15) is 9.50 Å². The molecular weight excluding hydrogens is 399 g/mol. The minimum Gasteiger partial charge on any atom is -0.389 e. The lowest BCUT2D eigenvalue weighted by Gasteiger charge is -2.34. The Morgan fingerprint density at radius 3 is 2.71 bits per heavy atom. The average molecular weight is 414 g/mol. The van der Waals surface area contributed by atoms with Crippen LogP contribution in [0.5, 0.6) is 0 Å². The second-order valence-corrected chi connectivity index (χ2v) is 7.50. The van der Waals surface area contributed by atoms with Gasteiger partial charge in [0.05, 0.1) is 5.60 Å². The van der Waals surface area contributed by atoms with E-state index in [2.05, 4.69) is 44.0 Å². The van der Waals surface area contributed by atoms with E-state index in [4.69, 9.17) is 0 Å². The van der Waals surface area contributed by atoms with Gasteiger partial charge in [-0.25, -0.2) is 4.39 Å². The molecule has 4 heteroatoms. The summed E-state index contributed by atoms with van der Waals surface area (Å²) in [6.07, 6.45) is 2.61. The molecule has 1 atom stereocenters. The van der Waals surface area contributed by atoms with Crippen LogP contribution in [0.3, 0.4) is 0 Å². The van der Waals surface area contributed by atoms with Crippen molar-refractivity contribution in [3.8, 4) is 0 Å². The molecule has 1 nitrogen and oxygen atoms in total.